The zero-order valence-electron chi connectivity index (χ0n) is 10.1. The van der Waals surface area contributed by atoms with Gasteiger partial charge in [0.05, 0.1) is 0 Å². The predicted molar refractivity (Wildman–Crippen MR) is 70.4 cm³/mol. The van der Waals surface area contributed by atoms with Crippen LogP contribution in [0.3, 0.4) is 0 Å². The summed E-state index contributed by atoms with van der Waals surface area (Å²) >= 11 is 6.85. The number of likely N-dealkylation sites (tertiary alicyclic amines) is 1. The van der Waals surface area contributed by atoms with Crippen LogP contribution in [0.5, 0.6) is 0 Å². The van der Waals surface area contributed by atoms with Gasteiger partial charge in [-0.15, -0.1) is 0 Å². The van der Waals surface area contributed by atoms with E-state index in [0.717, 1.165) is 0 Å². The number of carbonyl (C=O) groups excluding carboxylic acids is 1. The number of amides is 1. The number of rotatable bonds is 0. The van der Waals surface area contributed by atoms with Crippen molar-refractivity contribution < 1.29 is 13.9 Å². The third-order valence-corrected chi connectivity index (χ3v) is 5.15. The molecule has 6 heteroatoms. The van der Waals surface area contributed by atoms with E-state index >= 15 is 0 Å². The van der Waals surface area contributed by atoms with Crippen LogP contribution in [0.2, 0.25) is 0 Å². The van der Waals surface area contributed by atoms with E-state index in [1.165, 1.54) is 4.90 Å². The highest BCUT2D eigenvalue weighted by molar-refractivity contribution is 9.25. The molecule has 2 rings (SSSR count). The second-order valence-electron chi connectivity index (χ2n) is 5.69. The van der Waals surface area contributed by atoms with Crippen LogP contribution in [-0.4, -0.2) is 38.1 Å². The molecule has 1 heterocycles. The molecular weight excluding hydrogens is 357 g/mol. The van der Waals surface area contributed by atoms with Crippen LogP contribution in [0.25, 0.3) is 0 Å². The first-order valence-corrected chi connectivity index (χ1v) is 7.21. The smallest absolute Gasteiger partial charge is 0.410 e. The Morgan fingerprint density at radius 2 is 2.00 bits per heavy atom. The normalized spacial score (nSPS) is 35.2. The number of nitrogens with zero attached hydrogens (tertiary/aromatic N) is 1. The van der Waals surface area contributed by atoms with Crippen LogP contribution in [0.15, 0.2) is 0 Å². The Morgan fingerprint density at radius 1 is 1.47 bits per heavy atom. The molecule has 2 aliphatic rings. The molecule has 1 spiro atoms. The Hall–Kier alpha value is 0.160. The number of alkyl halides is 3. The average Bonchev–Trinajstić information content (AvgIpc) is 2.50. The van der Waals surface area contributed by atoms with E-state index in [1.807, 2.05) is 20.8 Å². The van der Waals surface area contributed by atoms with Crippen LogP contribution in [0, 0.1) is 0 Å². The summed E-state index contributed by atoms with van der Waals surface area (Å²) in [5.41, 5.74) is -1.32. The maximum absolute atomic E-state index is 14.0. The van der Waals surface area contributed by atoms with Gasteiger partial charge in [0, 0.05) is 13.0 Å². The van der Waals surface area contributed by atoms with E-state index in [9.17, 15) is 9.18 Å². The van der Waals surface area contributed by atoms with Gasteiger partial charge in [-0.1, -0.05) is 31.9 Å². The van der Waals surface area contributed by atoms with Gasteiger partial charge in [0.1, 0.15) is 20.5 Å². The van der Waals surface area contributed by atoms with E-state index < -0.39 is 26.6 Å². The van der Waals surface area contributed by atoms with E-state index in [4.69, 9.17) is 4.74 Å². The Bertz CT molecular complexity index is 356. The molecule has 98 valence electrons. The minimum absolute atomic E-state index is 0.373. The molecule has 17 heavy (non-hydrogen) atoms. The molecule has 0 aromatic carbocycles. The number of hydrogen-bond donors (Lipinski definition) is 0. The molecule has 1 aliphatic carbocycles. The number of ether oxygens (including phenoxy) is 1. The summed E-state index contributed by atoms with van der Waals surface area (Å²) in [6.45, 7) is 5.84. The van der Waals surface area contributed by atoms with Gasteiger partial charge < -0.3 is 4.74 Å². The van der Waals surface area contributed by atoms with Crippen molar-refractivity contribution in [2.24, 2.45) is 0 Å². The van der Waals surface area contributed by atoms with Crippen LogP contribution >= 0.6 is 31.9 Å². The highest BCUT2D eigenvalue weighted by Gasteiger charge is 2.76. The molecule has 2 atom stereocenters. The zero-order chi connectivity index (χ0) is 13.1. The monoisotopic (exact) mass is 371 g/mol. The van der Waals surface area contributed by atoms with Crippen molar-refractivity contribution in [3.8, 4) is 0 Å². The van der Waals surface area contributed by atoms with Gasteiger partial charge in [0.15, 0.2) is 0 Å². The first kappa shape index (κ1) is 13.6. The second-order valence-corrected chi connectivity index (χ2v) is 9.47. The summed E-state index contributed by atoms with van der Waals surface area (Å²) in [5, 5.41) is 0. The molecule has 3 nitrogen and oxygen atoms in total. The highest BCUT2D eigenvalue weighted by atomic mass is 79.9. The lowest BCUT2D eigenvalue weighted by Crippen LogP contribution is -2.46. The lowest BCUT2D eigenvalue weighted by molar-refractivity contribution is 0.0165. The Morgan fingerprint density at radius 3 is 2.41 bits per heavy atom. The Labute approximate surface area is 117 Å². The van der Waals surface area contributed by atoms with Gasteiger partial charge in [-0.3, -0.25) is 4.90 Å². The molecule has 2 unspecified atom stereocenters. The molecule has 0 aromatic heterocycles. The molecule has 1 saturated heterocycles. The van der Waals surface area contributed by atoms with Crippen molar-refractivity contribution in [1.82, 2.24) is 4.90 Å². The van der Waals surface area contributed by atoms with Gasteiger partial charge in [-0.05, 0) is 27.2 Å². The summed E-state index contributed by atoms with van der Waals surface area (Å²) in [6.07, 6.45) is -0.495. The molecule has 2 fully saturated rings. The largest absolute Gasteiger partial charge is 0.444 e. The van der Waals surface area contributed by atoms with Gasteiger partial charge in [0.25, 0.3) is 0 Å². The minimum atomic E-state index is -1.01. The van der Waals surface area contributed by atoms with Gasteiger partial charge in [0.2, 0.25) is 0 Å². The summed E-state index contributed by atoms with van der Waals surface area (Å²) in [5.74, 6) is 0. The van der Waals surface area contributed by atoms with Crippen LogP contribution in [0.4, 0.5) is 9.18 Å². The lowest BCUT2D eigenvalue weighted by Gasteiger charge is -2.30. The number of carbonyl (C=O) groups is 1. The van der Waals surface area contributed by atoms with Crippen LogP contribution < -0.4 is 0 Å². The molecule has 1 aliphatic heterocycles. The second kappa shape index (κ2) is 3.83. The maximum atomic E-state index is 14.0. The fourth-order valence-electron chi connectivity index (χ4n) is 2.35. The summed E-state index contributed by atoms with van der Waals surface area (Å²) in [7, 11) is 0. The first-order valence-electron chi connectivity index (χ1n) is 5.63. The third-order valence-electron chi connectivity index (χ3n) is 3.22. The quantitative estimate of drug-likeness (QED) is 0.608. The van der Waals surface area contributed by atoms with Gasteiger partial charge in [-0.2, -0.15) is 0 Å². The van der Waals surface area contributed by atoms with Crippen molar-refractivity contribution in [1.29, 1.82) is 0 Å². The molecule has 0 radical (unpaired) electrons. The van der Waals surface area contributed by atoms with E-state index in [-0.39, 0.29) is 0 Å². The van der Waals surface area contributed by atoms with Crippen LogP contribution in [-0.2, 0) is 4.74 Å². The summed E-state index contributed by atoms with van der Waals surface area (Å²) < 4.78 is 18.8. The standard InChI is InChI=1S/C11H16Br2FNO2/c1-9(2,3)17-8(16)15-5-4-7(14)10(15)6-11(10,12)13/h7H,4-6H2,1-3H3. The number of halogens is 3. The minimum Gasteiger partial charge on any atom is -0.444 e. The predicted octanol–water partition coefficient (Wildman–Crippen LogP) is 3.59. The van der Waals surface area contributed by atoms with E-state index in [1.54, 1.807) is 0 Å². The summed E-state index contributed by atoms with van der Waals surface area (Å²) in [6, 6.07) is 0. The first-order chi connectivity index (χ1) is 7.60. The number of hydrogen-bond acceptors (Lipinski definition) is 2. The third kappa shape index (κ3) is 2.11. The molecular formula is C11H16Br2FNO2. The van der Waals surface area contributed by atoms with Crippen molar-refractivity contribution >= 4 is 38.0 Å². The molecule has 0 bridgehead atoms. The Kier molecular flexibility index (Phi) is 3.06. The summed E-state index contributed by atoms with van der Waals surface area (Å²) in [4.78, 5) is 13.6. The lowest BCUT2D eigenvalue weighted by atomic mass is 10.1. The van der Waals surface area contributed by atoms with Crippen molar-refractivity contribution in [3.63, 3.8) is 0 Å². The average molecular weight is 373 g/mol. The van der Waals surface area contributed by atoms with Crippen molar-refractivity contribution in [2.75, 3.05) is 6.54 Å². The van der Waals surface area contributed by atoms with Crippen LogP contribution in [0.1, 0.15) is 33.6 Å². The molecule has 0 aromatic rings. The van der Waals surface area contributed by atoms with Crippen molar-refractivity contribution in [3.05, 3.63) is 0 Å². The van der Waals surface area contributed by atoms with E-state index in [2.05, 4.69) is 31.9 Å². The Balaban J connectivity index is 2.15. The van der Waals surface area contributed by atoms with Gasteiger partial charge in [-0.25, -0.2) is 9.18 Å². The zero-order valence-corrected chi connectivity index (χ0v) is 13.3. The van der Waals surface area contributed by atoms with E-state index in [0.29, 0.717) is 19.4 Å². The molecule has 0 N–H and O–H groups in total. The SMILES string of the molecule is CC(C)(C)OC(=O)N1CCC(F)C12CC2(Br)Br. The topological polar surface area (TPSA) is 29.5 Å². The fourth-order valence-corrected chi connectivity index (χ4v) is 4.13. The highest BCUT2D eigenvalue weighted by Crippen LogP contribution is 2.67. The van der Waals surface area contributed by atoms with Gasteiger partial charge >= 0.3 is 6.09 Å². The molecule has 1 amide bonds. The van der Waals surface area contributed by atoms with Crippen molar-refractivity contribution in [2.45, 2.75) is 54.2 Å². The molecule has 1 saturated carbocycles. The maximum Gasteiger partial charge on any atom is 0.410 e. The fraction of sp³-hybridized carbons (Fsp3) is 0.909.